The van der Waals surface area contributed by atoms with Crippen molar-refractivity contribution in [3.8, 4) is 0 Å². The van der Waals surface area contributed by atoms with Crippen LogP contribution in [-0.2, 0) is 9.84 Å². The van der Waals surface area contributed by atoms with E-state index in [1.165, 1.54) is 11.1 Å². The molecule has 2 aromatic heterocycles. The number of fused-ring (bicyclic) bond motifs is 1. The third-order valence-electron chi connectivity index (χ3n) is 6.27. The zero-order chi connectivity index (χ0) is 24.5. The Bertz CT molecular complexity index is 1190. The highest BCUT2D eigenvalue weighted by molar-refractivity contribution is 7.95. The van der Waals surface area contributed by atoms with E-state index in [0.717, 1.165) is 11.0 Å². The fraction of sp³-hybridized carbons (Fsp3) is 0.478. The van der Waals surface area contributed by atoms with Crippen LogP contribution in [0.25, 0.3) is 11.0 Å². The maximum absolute atomic E-state index is 13.2. The third-order valence-corrected chi connectivity index (χ3v) is 8.81. The van der Waals surface area contributed by atoms with Crippen molar-refractivity contribution in [2.24, 2.45) is 5.92 Å². The minimum absolute atomic E-state index is 0.107. The highest BCUT2D eigenvalue weighted by Gasteiger charge is 2.38. The van der Waals surface area contributed by atoms with Crippen molar-refractivity contribution < 1.29 is 30.8 Å². The lowest BCUT2D eigenvalue weighted by Crippen LogP contribution is -2.44. The summed E-state index contributed by atoms with van der Waals surface area (Å²) in [7, 11) is -3.61. The molecular weight excluding hydrogens is 471 g/mol. The molecule has 1 N–H and O–H groups in total. The predicted molar refractivity (Wildman–Crippen MR) is 121 cm³/mol. The van der Waals surface area contributed by atoms with E-state index in [1.807, 2.05) is 6.92 Å². The molecule has 1 atom stereocenters. The second-order valence-corrected chi connectivity index (χ2v) is 11.1. The Morgan fingerprint density at radius 1 is 1.26 bits per heavy atom. The summed E-state index contributed by atoms with van der Waals surface area (Å²) in [4.78, 5) is 18.0. The molecule has 11 heteroatoms. The standard InChI is InChI=1S/C23H26F3N3O4S/c1-15-10-16(12-28-22(30)19-11-17-4-7-27-13-20(17)33-19)2-3-21(15)34(31,32)18-5-8-29(9-6-18)14-23(24,25)26/h2-4,7,11,13,15,18H,5-6,8-10,12,14H2,1H3,(H,28,30). The van der Waals surface area contributed by atoms with E-state index >= 15 is 0 Å². The van der Waals surface area contributed by atoms with Gasteiger partial charge in [0.05, 0.1) is 18.0 Å². The summed E-state index contributed by atoms with van der Waals surface area (Å²) in [5.74, 6) is -0.492. The number of halogens is 3. The number of carbonyl (C=O) groups is 1. The number of likely N-dealkylation sites (tertiary alicyclic amines) is 1. The Hall–Kier alpha value is -2.66. The van der Waals surface area contributed by atoms with Crippen molar-refractivity contribution in [2.45, 2.75) is 37.6 Å². The first-order chi connectivity index (χ1) is 16.0. The van der Waals surface area contributed by atoms with Gasteiger partial charge in [-0.3, -0.25) is 14.7 Å². The van der Waals surface area contributed by atoms with E-state index < -0.39 is 27.8 Å². The molecule has 0 saturated carbocycles. The highest BCUT2D eigenvalue weighted by atomic mass is 32.2. The topological polar surface area (TPSA) is 92.5 Å². The Balaban J connectivity index is 1.36. The molecule has 2 aromatic rings. The van der Waals surface area contributed by atoms with Gasteiger partial charge in [0.2, 0.25) is 0 Å². The molecule has 1 saturated heterocycles. The Kier molecular flexibility index (Phi) is 6.86. The summed E-state index contributed by atoms with van der Waals surface area (Å²) >= 11 is 0. The molecule has 1 aliphatic heterocycles. The number of allylic oxidation sites excluding steroid dienone is 3. The van der Waals surface area contributed by atoms with Crippen LogP contribution in [-0.4, -0.2) is 61.8 Å². The number of pyridine rings is 1. The van der Waals surface area contributed by atoms with Crippen LogP contribution in [0.4, 0.5) is 13.2 Å². The van der Waals surface area contributed by atoms with E-state index in [2.05, 4.69) is 10.3 Å². The predicted octanol–water partition coefficient (Wildman–Crippen LogP) is 3.85. The van der Waals surface area contributed by atoms with Crippen LogP contribution in [0.2, 0.25) is 0 Å². The number of amides is 1. The smallest absolute Gasteiger partial charge is 0.401 e. The number of aromatic nitrogens is 1. The summed E-state index contributed by atoms with van der Waals surface area (Å²) in [6, 6.07) is 3.38. The summed E-state index contributed by atoms with van der Waals surface area (Å²) in [5, 5.41) is 2.89. The molecule has 0 bridgehead atoms. The minimum atomic E-state index is -4.29. The van der Waals surface area contributed by atoms with Gasteiger partial charge in [0.25, 0.3) is 5.91 Å². The van der Waals surface area contributed by atoms with Gasteiger partial charge in [0.15, 0.2) is 21.2 Å². The van der Waals surface area contributed by atoms with Crippen molar-refractivity contribution in [2.75, 3.05) is 26.2 Å². The SMILES string of the molecule is CC1CC(CNC(=O)c2cc3ccncc3o2)=CC=C1S(=O)(=O)C1CCN(CC(F)(F)F)CC1. The van der Waals surface area contributed by atoms with Gasteiger partial charge in [-0.2, -0.15) is 13.2 Å². The number of nitrogens with zero attached hydrogens (tertiary/aromatic N) is 2. The molecule has 3 heterocycles. The summed E-state index contributed by atoms with van der Waals surface area (Å²) < 4.78 is 69.6. The molecule has 1 fully saturated rings. The molecule has 1 unspecified atom stereocenters. The van der Waals surface area contributed by atoms with Crippen LogP contribution in [0.1, 0.15) is 36.7 Å². The average Bonchev–Trinajstić information content (AvgIpc) is 3.21. The number of sulfone groups is 1. The third kappa shape index (κ3) is 5.52. The molecule has 4 rings (SSSR count). The van der Waals surface area contributed by atoms with Crippen molar-refractivity contribution in [3.05, 3.63) is 52.9 Å². The first-order valence-electron chi connectivity index (χ1n) is 11.1. The number of alkyl halides is 3. The van der Waals surface area contributed by atoms with Crippen LogP contribution >= 0.6 is 0 Å². The molecular formula is C23H26F3N3O4S. The molecule has 184 valence electrons. The lowest BCUT2D eigenvalue weighted by atomic mass is 9.95. The molecule has 2 aliphatic rings. The zero-order valence-electron chi connectivity index (χ0n) is 18.6. The van der Waals surface area contributed by atoms with Crippen LogP contribution in [0.15, 0.2) is 51.6 Å². The Morgan fingerprint density at radius 3 is 2.65 bits per heavy atom. The number of hydrogen-bond acceptors (Lipinski definition) is 6. The van der Waals surface area contributed by atoms with Gasteiger partial charge < -0.3 is 9.73 Å². The van der Waals surface area contributed by atoms with Crippen molar-refractivity contribution in [3.63, 3.8) is 0 Å². The molecule has 34 heavy (non-hydrogen) atoms. The summed E-state index contributed by atoms with van der Waals surface area (Å²) in [6.45, 7) is 1.26. The van der Waals surface area contributed by atoms with E-state index in [4.69, 9.17) is 4.42 Å². The first-order valence-corrected chi connectivity index (χ1v) is 12.6. The Morgan fingerprint density at radius 2 is 2.00 bits per heavy atom. The van der Waals surface area contributed by atoms with Crippen LogP contribution in [0, 0.1) is 5.92 Å². The molecule has 0 radical (unpaired) electrons. The van der Waals surface area contributed by atoms with Crippen molar-refractivity contribution in [1.29, 1.82) is 0 Å². The van der Waals surface area contributed by atoms with Crippen molar-refractivity contribution >= 4 is 26.7 Å². The Labute approximate surface area is 195 Å². The van der Waals surface area contributed by atoms with Gasteiger partial charge >= 0.3 is 6.18 Å². The van der Waals surface area contributed by atoms with Crippen LogP contribution < -0.4 is 5.32 Å². The number of hydrogen-bond donors (Lipinski definition) is 1. The molecule has 0 spiro atoms. The highest BCUT2D eigenvalue weighted by Crippen LogP contribution is 2.34. The second-order valence-electron chi connectivity index (χ2n) is 8.84. The fourth-order valence-electron chi connectivity index (χ4n) is 4.53. The number of furan rings is 1. The van der Waals surface area contributed by atoms with E-state index in [1.54, 1.807) is 30.5 Å². The quantitative estimate of drug-likeness (QED) is 0.652. The number of nitrogens with one attached hydrogen (secondary N) is 1. The van der Waals surface area contributed by atoms with Crippen molar-refractivity contribution in [1.82, 2.24) is 15.2 Å². The van der Waals surface area contributed by atoms with Gasteiger partial charge in [0, 0.05) is 23.0 Å². The average molecular weight is 498 g/mol. The summed E-state index contributed by atoms with van der Waals surface area (Å²) in [6.07, 6.45) is 2.95. The normalized spacial score (nSPS) is 20.8. The monoisotopic (exact) mass is 497 g/mol. The van der Waals surface area contributed by atoms with Gasteiger partial charge in [-0.05, 0) is 56.5 Å². The van der Waals surface area contributed by atoms with E-state index in [9.17, 15) is 26.4 Å². The molecule has 1 amide bonds. The maximum Gasteiger partial charge on any atom is 0.401 e. The number of piperidine rings is 1. The lowest BCUT2D eigenvalue weighted by Gasteiger charge is -2.33. The molecule has 1 aliphatic carbocycles. The van der Waals surface area contributed by atoms with Gasteiger partial charge in [-0.1, -0.05) is 18.6 Å². The fourth-order valence-corrected chi connectivity index (χ4v) is 6.65. The zero-order valence-corrected chi connectivity index (χ0v) is 19.5. The van der Waals surface area contributed by atoms with E-state index in [0.29, 0.717) is 16.9 Å². The van der Waals surface area contributed by atoms with Gasteiger partial charge in [0.1, 0.15) is 0 Å². The largest absolute Gasteiger partial charge is 0.449 e. The first kappa shape index (κ1) is 24.5. The molecule has 7 nitrogen and oxygen atoms in total. The van der Waals surface area contributed by atoms with Crippen LogP contribution in [0.3, 0.4) is 0 Å². The summed E-state index contributed by atoms with van der Waals surface area (Å²) in [5.41, 5.74) is 1.39. The van der Waals surface area contributed by atoms with Gasteiger partial charge in [-0.25, -0.2) is 8.42 Å². The lowest BCUT2D eigenvalue weighted by molar-refractivity contribution is -0.147. The maximum atomic E-state index is 13.2. The van der Waals surface area contributed by atoms with Crippen LogP contribution in [0.5, 0.6) is 0 Å². The minimum Gasteiger partial charge on any atom is -0.449 e. The van der Waals surface area contributed by atoms with Gasteiger partial charge in [-0.15, -0.1) is 0 Å². The number of rotatable bonds is 6. The number of carbonyl (C=O) groups excluding carboxylic acids is 1. The second kappa shape index (κ2) is 9.53. The molecule has 0 aromatic carbocycles. The van der Waals surface area contributed by atoms with E-state index in [-0.39, 0.29) is 50.1 Å².